The number of amidine groups is 1. The Morgan fingerprint density at radius 1 is 1.44 bits per heavy atom. The van der Waals surface area contributed by atoms with E-state index >= 15 is 0 Å². The van der Waals surface area contributed by atoms with Crippen LogP contribution in [-0.4, -0.2) is 24.0 Å². The summed E-state index contributed by atoms with van der Waals surface area (Å²) >= 11 is 1.70. The fourth-order valence-electron chi connectivity index (χ4n) is 1.70. The van der Waals surface area contributed by atoms with Crippen LogP contribution in [0.15, 0.2) is 23.4 Å². The Hall–Kier alpha value is -1.62. The van der Waals surface area contributed by atoms with E-state index in [0.29, 0.717) is 6.61 Å². The first kappa shape index (κ1) is 9.59. The lowest BCUT2D eigenvalue weighted by atomic mass is 10.2. The molecule has 1 aromatic heterocycles. The van der Waals surface area contributed by atoms with Gasteiger partial charge in [-0.05, 0) is 25.1 Å². The van der Waals surface area contributed by atoms with Crippen molar-refractivity contribution in [1.82, 2.24) is 10.3 Å². The zero-order valence-corrected chi connectivity index (χ0v) is 9.67. The van der Waals surface area contributed by atoms with Crippen molar-refractivity contribution in [2.24, 2.45) is 5.16 Å². The standard InChI is InChI=1S/C11H11N3OS/c1-7-13-9-6-8(2-3-10(9)16-7)11-12-4-5-15-14-11/h2-3,6H,4-5H2,1H3,(H,12,14). The van der Waals surface area contributed by atoms with Gasteiger partial charge in [-0.15, -0.1) is 11.3 Å². The first-order chi connectivity index (χ1) is 7.83. The summed E-state index contributed by atoms with van der Waals surface area (Å²) in [6, 6.07) is 6.16. The first-order valence-corrected chi connectivity index (χ1v) is 5.96. The molecule has 1 N–H and O–H groups in total. The van der Waals surface area contributed by atoms with E-state index in [4.69, 9.17) is 4.84 Å². The van der Waals surface area contributed by atoms with Crippen LogP contribution in [0.4, 0.5) is 0 Å². The molecule has 1 aliphatic heterocycles. The molecule has 0 bridgehead atoms. The average Bonchev–Trinajstić information content (AvgIpc) is 2.69. The van der Waals surface area contributed by atoms with Gasteiger partial charge in [0.15, 0.2) is 5.84 Å². The lowest BCUT2D eigenvalue weighted by Crippen LogP contribution is -2.31. The van der Waals surface area contributed by atoms with Crippen molar-refractivity contribution < 1.29 is 4.84 Å². The van der Waals surface area contributed by atoms with Gasteiger partial charge in [-0.1, -0.05) is 5.16 Å². The van der Waals surface area contributed by atoms with Crippen LogP contribution in [0.2, 0.25) is 0 Å². The molecule has 3 rings (SSSR count). The maximum atomic E-state index is 5.06. The minimum Gasteiger partial charge on any atom is -0.392 e. The molecule has 0 amide bonds. The van der Waals surface area contributed by atoms with E-state index in [1.807, 2.05) is 19.1 Å². The number of fused-ring (bicyclic) bond motifs is 1. The van der Waals surface area contributed by atoms with E-state index in [0.717, 1.165) is 28.5 Å². The Bertz CT molecular complexity index is 561. The van der Waals surface area contributed by atoms with Crippen molar-refractivity contribution >= 4 is 27.4 Å². The van der Waals surface area contributed by atoms with Crippen LogP contribution in [0.5, 0.6) is 0 Å². The summed E-state index contributed by atoms with van der Waals surface area (Å²) < 4.78 is 1.21. The quantitative estimate of drug-likeness (QED) is 0.818. The van der Waals surface area contributed by atoms with E-state index in [1.165, 1.54) is 4.70 Å². The number of benzene rings is 1. The van der Waals surface area contributed by atoms with E-state index in [1.54, 1.807) is 11.3 Å². The van der Waals surface area contributed by atoms with Gasteiger partial charge in [-0.2, -0.15) is 0 Å². The minimum absolute atomic E-state index is 0.627. The number of nitrogens with one attached hydrogen (secondary N) is 1. The second-order valence-corrected chi connectivity index (χ2v) is 4.85. The number of aryl methyl sites for hydroxylation is 1. The molecule has 4 nitrogen and oxygen atoms in total. The highest BCUT2D eigenvalue weighted by atomic mass is 32.1. The van der Waals surface area contributed by atoms with Gasteiger partial charge in [0.2, 0.25) is 0 Å². The highest BCUT2D eigenvalue weighted by Gasteiger charge is 2.10. The summed E-state index contributed by atoms with van der Waals surface area (Å²) in [5, 5.41) is 8.29. The third-order valence-electron chi connectivity index (χ3n) is 2.41. The molecule has 2 aromatic rings. The predicted molar refractivity (Wildman–Crippen MR) is 64.8 cm³/mol. The van der Waals surface area contributed by atoms with Gasteiger partial charge in [0.05, 0.1) is 21.8 Å². The molecule has 1 aromatic carbocycles. The number of oxime groups is 1. The predicted octanol–water partition coefficient (Wildman–Crippen LogP) is 1.89. The maximum Gasteiger partial charge on any atom is 0.173 e. The number of hydrogen-bond acceptors (Lipinski definition) is 5. The number of aromatic nitrogens is 1. The molecule has 0 saturated heterocycles. The summed E-state index contributed by atoms with van der Waals surface area (Å²) in [4.78, 5) is 9.52. The average molecular weight is 233 g/mol. The van der Waals surface area contributed by atoms with Gasteiger partial charge in [-0.25, -0.2) is 4.98 Å². The van der Waals surface area contributed by atoms with E-state index in [-0.39, 0.29) is 0 Å². The Kier molecular flexibility index (Phi) is 2.25. The molecule has 0 saturated carbocycles. The van der Waals surface area contributed by atoms with Crippen LogP contribution in [0.3, 0.4) is 0 Å². The van der Waals surface area contributed by atoms with Crippen molar-refractivity contribution in [2.75, 3.05) is 13.2 Å². The molecule has 0 radical (unpaired) electrons. The molecule has 1 aliphatic rings. The van der Waals surface area contributed by atoms with Crippen LogP contribution < -0.4 is 5.32 Å². The molecule has 0 aliphatic carbocycles. The Balaban J connectivity index is 2.07. The van der Waals surface area contributed by atoms with Crippen molar-refractivity contribution in [2.45, 2.75) is 6.92 Å². The van der Waals surface area contributed by atoms with Crippen LogP contribution in [0, 0.1) is 6.92 Å². The topological polar surface area (TPSA) is 46.5 Å². The van der Waals surface area contributed by atoms with Crippen molar-refractivity contribution in [3.8, 4) is 0 Å². The summed E-state index contributed by atoms with van der Waals surface area (Å²) in [5.74, 6) is 0.791. The molecule has 5 heteroatoms. The van der Waals surface area contributed by atoms with Gasteiger partial charge in [0.25, 0.3) is 0 Å². The highest BCUT2D eigenvalue weighted by Crippen LogP contribution is 2.22. The fourth-order valence-corrected chi connectivity index (χ4v) is 2.51. The van der Waals surface area contributed by atoms with Gasteiger partial charge in [0.1, 0.15) is 6.61 Å². The lowest BCUT2D eigenvalue weighted by Gasteiger charge is -2.13. The summed E-state index contributed by atoms with van der Waals surface area (Å²) in [6.07, 6.45) is 0. The Labute approximate surface area is 96.9 Å². The van der Waals surface area contributed by atoms with E-state index < -0.39 is 0 Å². The second-order valence-electron chi connectivity index (χ2n) is 3.62. The fraction of sp³-hybridized carbons (Fsp3) is 0.273. The van der Waals surface area contributed by atoms with Gasteiger partial charge >= 0.3 is 0 Å². The van der Waals surface area contributed by atoms with Crippen molar-refractivity contribution in [3.63, 3.8) is 0 Å². The molecule has 16 heavy (non-hydrogen) atoms. The van der Waals surface area contributed by atoms with Crippen molar-refractivity contribution in [1.29, 1.82) is 0 Å². The second kappa shape index (κ2) is 3.75. The third kappa shape index (κ3) is 1.63. The molecule has 0 atom stereocenters. The van der Waals surface area contributed by atoms with Gasteiger partial charge in [-0.3, -0.25) is 0 Å². The Morgan fingerprint density at radius 2 is 2.38 bits per heavy atom. The molecule has 82 valence electrons. The normalized spacial score (nSPS) is 15.4. The van der Waals surface area contributed by atoms with Crippen LogP contribution in [-0.2, 0) is 4.84 Å². The summed E-state index contributed by atoms with van der Waals surface area (Å²) in [5.41, 5.74) is 2.05. The zero-order valence-electron chi connectivity index (χ0n) is 8.86. The van der Waals surface area contributed by atoms with Crippen molar-refractivity contribution in [3.05, 3.63) is 28.8 Å². The maximum absolute atomic E-state index is 5.06. The number of rotatable bonds is 1. The smallest absolute Gasteiger partial charge is 0.173 e. The van der Waals surface area contributed by atoms with Gasteiger partial charge < -0.3 is 10.2 Å². The Morgan fingerprint density at radius 3 is 3.19 bits per heavy atom. The highest BCUT2D eigenvalue weighted by molar-refractivity contribution is 7.18. The van der Waals surface area contributed by atoms with Crippen LogP contribution in [0.25, 0.3) is 10.2 Å². The minimum atomic E-state index is 0.627. The monoisotopic (exact) mass is 233 g/mol. The lowest BCUT2D eigenvalue weighted by molar-refractivity contribution is 0.136. The van der Waals surface area contributed by atoms with Crippen LogP contribution in [0.1, 0.15) is 10.6 Å². The number of thiazole rings is 1. The summed E-state index contributed by atoms with van der Waals surface area (Å²) in [6.45, 7) is 3.44. The van der Waals surface area contributed by atoms with E-state index in [9.17, 15) is 0 Å². The van der Waals surface area contributed by atoms with Crippen LogP contribution >= 0.6 is 11.3 Å². The number of hydrogen-bond donors (Lipinski definition) is 1. The largest absolute Gasteiger partial charge is 0.392 e. The molecular weight excluding hydrogens is 222 g/mol. The van der Waals surface area contributed by atoms with E-state index in [2.05, 4.69) is 21.5 Å². The number of nitrogens with zero attached hydrogens (tertiary/aromatic N) is 2. The van der Waals surface area contributed by atoms with Gasteiger partial charge in [0, 0.05) is 5.56 Å². The SMILES string of the molecule is Cc1nc2cc(C3=NOCCN3)ccc2s1. The zero-order chi connectivity index (χ0) is 11.0. The third-order valence-corrected chi connectivity index (χ3v) is 3.36. The molecule has 2 heterocycles. The molecular formula is C11H11N3OS. The molecule has 0 unspecified atom stereocenters. The summed E-state index contributed by atoms with van der Waals surface area (Å²) in [7, 11) is 0. The first-order valence-electron chi connectivity index (χ1n) is 5.14. The molecule has 0 fully saturated rings. The molecule has 0 spiro atoms.